The summed E-state index contributed by atoms with van der Waals surface area (Å²) >= 11 is 0. The van der Waals surface area contributed by atoms with Crippen molar-refractivity contribution in [3.05, 3.63) is 71.8 Å². The summed E-state index contributed by atoms with van der Waals surface area (Å²) in [5, 5.41) is 0. The van der Waals surface area contributed by atoms with E-state index in [-0.39, 0.29) is 5.54 Å². The van der Waals surface area contributed by atoms with E-state index in [9.17, 15) is 0 Å². The maximum Gasteiger partial charge on any atom is 0.0612 e. The third-order valence-corrected chi connectivity index (χ3v) is 3.44. The Hall–Kier alpha value is -2.04. The molecule has 0 aliphatic rings. The van der Waals surface area contributed by atoms with E-state index >= 15 is 0 Å². The average Bonchev–Trinajstić information content (AvgIpc) is 2.47. The van der Waals surface area contributed by atoms with Gasteiger partial charge in [0.15, 0.2) is 0 Å². The summed E-state index contributed by atoms with van der Waals surface area (Å²) in [6, 6.07) is 20.7. The first-order valence-corrected chi connectivity index (χ1v) is 7.38. The third-order valence-electron chi connectivity index (χ3n) is 3.44. The molecule has 1 nitrogen and oxygen atoms in total. The summed E-state index contributed by atoms with van der Waals surface area (Å²) in [6.07, 6.45) is 0. The topological polar surface area (TPSA) is 3.24 Å². The SMILES string of the molecule is CC(C)(C)N(CC#Cc1ccccc1)Cc1ccccc1. The van der Waals surface area contributed by atoms with E-state index in [2.05, 4.69) is 67.8 Å². The Labute approximate surface area is 128 Å². The Morgan fingerprint density at radius 2 is 1.43 bits per heavy atom. The van der Waals surface area contributed by atoms with Crippen LogP contribution in [-0.4, -0.2) is 17.0 Å². The molecule has 0 aromatic heterocycles. The molecule has 0 spiro atoms. The molecule has 21 heavy (non-hydrogen) atoms. The van der Waals surface area contributed by atoms with E-state index in [4.69, 9.17) is 0 Å². The van der Waals surface area contributed by atoms with Crippen molar-refractivity contribution < 1.29 is 0 Å². The van der Waals surface area contributed by atoms with Gasteiger partial charge in [-0.15, -0.1) is 0 Å². The maximum atomic E-state index is 3.30. The monoisotopic (exact) mass is 277 g/mol. The molecule has 0 unspecified atom stereocenters. The lowest BCUT2D eigenvalue weighted by atomic mass is 10.0. The van der Waals surface area contributed by atoms with Gasteiger partial charge in [0.05, 0.1) is 6.54 Å². The molecule has 0 heterocycles. The molecule has 0 saturated heterocycles. The second kappa shape index (κ2) is 7.11. The maximum absolute atomic E-state index is 3.30. The minimum atomic E-state index is 0.0984. The molecular weight excluding hydrogens is 254 g/mol. The number of nitrogens with zero attached hydrogens (tertiary/aromatic N) is 1. The van der Waals surface area contributed by atoms with Crippen LogP contribution in [-0.2, 0) is 6.54 Å². The van der Waals surface area contributed by atoms with Crippen LogP contribution in [0.5, 0.6) is 0 Å². The number of hydrogen-bond donors (Lipinski definition) is 0. The fourth-order valence-electron chi connectivity index (χ4n) is 2.09. The second-order valence-corrected chi connectivity index (χ2v) is 6.18. The van der Waals surface area contributed by atoms with Crippen LogP contribution in [0.4, 0.5) is 0 Å². The Balaban J connectivity index is 2.06. The summed E-state index contributed by atoms with van der Waals surface area (Å²) in [4.78, 5) is 2.40. The van der Waals surface area contributed by atoms with Crippen LogP contribution in [0, 0.1) is 11.8 Å². The van der Waals surface area contributed by atoms with Gasteiger partial charge in [-0.05, 0) is 38.5 Å². The highest BCUT2D eigenvalue weighted by Gasteiger charge is 2.20. The molecule has 0 atom stereocenters. The van der Waals surface area contributed by atoms with Gasteiger partial charge < -0.3 is 0 Å². The van der Waals surface area contributed by atoms with Crippen molar-refractivity contribution in [3.63, 3.8) is 0 Å². The molecule has 2 aromatic rings. The van der Waals surface area contributed by atoms with Crippen molar-refractivity contribution in [2.75, 3.05) is 6.54 Å². The number of benzene rings is 2. The Morgan fingerprint density at radius 3 is 2.00 bits per heavy atom. The van der Waals surface area contributed by atoms with Crippen LogP contribution < -0.4 is 0 Å². The molecule has 2 aromatic carbocycles. The molecule has 0 aliphatic carbocycles. The normalized spacial score (nSPS) is 11.0. The van der Waals surface area contributed by atoms with Gasteiger partial charge in [0.25, 0.3) is 0 Å². The number of hydrogen-bond acceptors (Lipinski definition) is 1. The lowest BCUT2D eigenvalue weighted by molar-refractivity contribution is 0.148. The molecule has 0 fully saturated rings. The Kier molecular flexibility index (Phi) is 5.20. The molecule has 2 rings (SSSR count). The molecular formula is C20H23N. The van der Waals surface area contributed by atoms with E-state index < -0.39 is 0 Å². The van der Waals surface area contributed by atoms with Gasteiger partial charge in [-0.2, -0.15) is 0 Å². The van der Waals surface area contributed by atoms with Crippen molar-refractivity contribution in [1.82, 2.24) is 4.90 Å². The van der Waals surface area contributed by atoms with Gasteiger partial charge in [-0.1, -0.05) is 60.4 Å². The zero-order valence-electron chi connectivity index (χ0n) is 13.1. The summed E-state index contributed by atoms with van der Waals surface area (Å²) < 4.78 is 0. The number of rotatable bonds is 3. The van der Waals surface area contributed by atoms with Gasteiger partial charge in [-0.25, -0.2) is 0 Å². The van der Waals surface area contributed by atoms with Crippen LogP contribution >= 0.6 is 0 Å². The van der Waals surface area contributed by atoms with Crippen LogP contribution in [0.3, 0.4) is 0 Å². The van der Waals surface area contributed by atoms with Crippen LogP contribution in [0.2, 0.25) is 0 Å². The second-order valence-electron chi connectivity index (χ2n) is 6.18. The first kappa shape index (κ1) is 15.4. The van der Waals surface area contributed by atoms with E-state index in [1.807, 2.05) is 30.3 Å². The lowest BCUT2D eigenvalue weighted by Gasteiger charge is -2.34. The van der Waals surface area contributed by atoms with Gasteiger partial charge in [0.2, 0.25) is 0 Å². The molecule has 0 saturated carbocycles. The van der Waals surface area contributed by atoms with E-state index in [0.29, 0.717) is 0 Å². The molecule has 0 amide bonds. The largest absolute Gasteiger partial charge is 0.283 e. The first-order chi connectivity index (χ1) is 10.1. The smallest absolute Gasteiger partial charge is 0.0612 e. The lowest BCUT2D eigenvalue weighted by Crippen LogP contribution is -2.41. The predicted molar refractivity (Wildman–Crippen MR) is 89.9 cm³/mol. The van der Waals surface area contributed by atoms with Gasteiger partial charge in [-0.3, -0.25) is 4.90 Å². The third kappa shape index (κ3) is 5.10. The highest BCUT2D eigenvalue weighted by molar-refractivity contribution is 5.33. The fourth-order valence-corrected chi connectivity index (χ4v) is 2.09. The molecule has 0 radical (unpaired) electrons. The van der Waals surface area contributed by atoms with Crippen molar-refractivity contribution in [3.8, 4) is 11.8 Å². The molecule has 0 bridgehead atoms. The summed E-state index contributed by atoms with van der Waals surface area (Å²) in [5.41, 5.74) is 2.50. The Bertz CT molecular complexity index is 597. The van der Waals surface area contributed by atoms with Gasteiger partial charge in [0, 0.05) is 17.6 Å². The van der Waals surface area contributed by atoms with Crippen molar-refractivity contribution >= 4 is 0 Å². The van der Waals surface area contributed by atoms with Gasteiger partial charge >= 0.3 is 0 Å². The highest BCUT2D eigenvalue weighted by Crippen LogP contribution is 2.16. The van der Waals surface area contributed by atoms with Crippen molar-refractivity contribution in [2.24, 2.45) is 0 Å². The fraction of sp³-hybridized carbons (Fsp3) is 0.300. The zero-order chi connectivity index (χ0) is 15.1. The quantitative estimate of drug-likeness (QED) is 0.754. The zero-order valence-corrected chi connectivity index (χ0v) is 13.1. The predicted octanol–water partition coefficient (Wildman–Crippen LogP) is 4.34. The summed E-state index contributed by atoms with van der Waals surface area (Å²) in [6.45, 7) is 8.40. The van der Waals surface area contributed by atoms with E-state index in [1.165, 1.54) is 5.56 Å². The highest BCUT2D eigenvalue weighted by atomic mass is 15.2. The van der Waals surface area contributed by atoms with Crippen LogP contribution in [0.1, 0.15) is 31.9 Å². The van der Waals surface area contributed by atoms with Crippen molar-refractivity contribution in [2.45, 2.75) is 32.9 Å². The first-order valence-electron chi connectivity index (χ1n) is 7.38. The summed E-state index contributed by atoms with van der Waals surface area (Å²) in [5.74, 6) is 6.55. The van der Waals surface area contributed by atoms with E-state index in [0.717, 1.165) is 18.7 Å². The molecule has 1 heteroatoms. The Morgan fingerprint density at radius 1 is 0.857 bits per heavy atom. The van der Waals surface area contributed by atoms with Crippen LogP contribution in [0.15, 0.2) is 60.7 Å². The molecule has 0 N–H and O–H groups in total. The average molecular weight is 277 g/mol. The minimum absolute atomic E-state index is 0.0984. The minimum Gasteiger partial charge on any atom is -0.283 e. The molecule has 0 aliphatic heterocycles. The standard InChI is InChI=1S/C20H23N/c1-20(2,3)21(17-19-13-8-5-9-14-19)16-10-15-18-11-6-4-7-12-18/h4-9,11-14H,16-17H2,1-3H3. The van der Waals surface area contributed by atoms with Crippen molar-refractivity contribution in [1.29, 1.82) is 0 Å². The van der Waals surface area contributed by atoms with Gasteiger partial charge in [0.1, 0.15) is 0 Å². The van der Waals surface area contributed by atoms with E-state index in [1.54, 1.807) is 0 Å². The van der Waals surface area contributed by atoms with Crippen LogP contribution in [0.25, 0.3) is 0 Å². The molecule has 108 valence electrons. The summed E-state index contributed by atoms with van der Waals surface area (Å²) in [7, 11) is 0.